The van der Waals surface area contributed by atoms with Crippen molar-refractivity contribution in [2.24, 2.45) is 7.05 Å². The summed E-state index contributed by atoms with van der Waals surface area (Å²) in [5, 5.41) is 0.188. The van der Waals surface area contributed by atoms with Crippen LogP contribution in [0.15, 0.2) is 40.1 Å². The second-order valence-corrected chi connectivity index (χ2v) is 7.71. The maximum Gasteiger partial charge on any atom is 0.332 e. The molecule has 0 bridgehead atoms. The largest absolute Gasteiger partial charge is 0.497 e. The van der Waals surface area contributed by atoms with Gasteiger partial charge in [0.1, 0.15) is 17.7 Å². The van der Waals surface area contributed by atoms with E-state index >= 15 is 0 Å². The van der Waals surface area contributed by atoms with Crippen molar-refractivity contribution in [2.45, 2.75) is 13.5 Å². The zero-order chi connectivity index (χ0) is 22.8. The van der Waals surface area contributed by atoms with Crippen LogP contribution in [0.4, 0.5) is 0 Å². The van der Waals surface area contributed by atoms with E-state index in [-0.39, 0.29) is 23.5 Å². The highest BCUT2D eigenvalue weighted by Gasteiger charge is 2.23. The summed E-state index contributed by atoms with van der Waals surface area (Å²) in [5.41, 5.74) is -0.195. The number of benzene rings is 1. The number of methoxy groups -OCH3 is 1. The average Bonchev–Trinajstić information content (AvgIpc) is 2.85. The lowest BCUT2D eigenvalue weighted by atomic mass is 10.2. The summed E-state index contributed by atoms with van der Waals surface area (Å²) in [4.78, 5) is 51.4. The smallest absolute Gasteiger partial charge is 0.332 e. The monoisotopic (exact) mass is 438 g/mol. The van der Waals surface area contributed by atoms with Crippen molar-refractivity contribution in [3.63, 3.8) is 0 Å². The van der Waals surface area contributed by atoms with Crippen LogP contribution >= 0.6 is 0 Å². The van der Waals surface area contributed by atoms with Gasteiger partial charge in [0.05, 0.1) is 7.11 Å². The summed E-state index contributed by atoms with van der Waals surface area (Å²) in [7, 11) is 3.12. The first-order valence-corrected chi connectivity index (χ1v) is 10.5. The van der Waals surface area contributed by atoms with Crippen LogP contribution in [0.5, 0.6) is 5.75 Å². The third-order valence-corrected chi connectivity index (χ3v) is 5.89. The number of aromatic nitrogens is 4. The Kier molecular flexibility index (Phi) is 6.04. The fourth-order valence-electron chi connectivity index (χ4n) is 3.85. The molecule has 10 heteroatoms. The number of hydrogen-bond acceptors (Lipinski definition) is 7. The van der Waals surface area contributed by atoms with Gasteiger partial charge in [-0.3, -0.25) is 18.7 Å². The molecule has 0 radical (unpaired) electrons. The van der Waals surface area contributed by atoms with Crippen molar-refractivity contribution in [3.8, 4) is 17.1 Å². The maximum absolute atomic E-state index is 13.0. The topological polar surface area (TPSA) is 103 Å². The van der Waals surface area contributed by atoms with Gasteiger partial charge >= 0.3 is 5.69 Å². The Labute approximate surface area is 184 Å². The molecule has 0 atom stereocenters. The molecule has 3 aromatic rings. The molecule has 0 unspecified atom stereocenters. The van der Waals surface area contributed by atoms with E-state index in [0.717, 1.165) is 29.8 Å². The third-order valence-electron chi connectivity index (χ3n) is 5.89. The van der Waals surface area contributed by atoms with Gasteiger partial charge in [0, 0.05) is 45.0 Å². The molecule has 0 aliphatic carbocycles. The van der Waals surface area contributed by atoms with Gasteiger partial charge < -0.3 is 14.5 Å². The summed E-state index contributed by atoms with van der Waals surface area (Å²) >= 11 is 0. The van der Waals surface area contributed by atoms with Gasteiger partial charge in [0.15, 0.2) is 11.5 Å². The minimum Gasteiger partial charge on any atom is -0.497 e. The number of amides is 1. The second kappa shape index (κ2) is 8.91. The summed E-state index contributed by atoms with van der Waals surface area (Å²) in [6.07, 6.45) is 1.41. The van der Waals surface area contributed by atoms with Crippen molar-refractivity contribution in [2.75, 3.05) is 39.8 Å². The number of nitrogens with zero attached hydrogens (tertiary/aromatic N) is 6. The number of rotatable bonds is 5. The highest BCUT2D eigenvalue weighted by Crippen LogP contribution is 2.20. The van der Waals surface area contributed by atoms with Crippen LogP contribution < -0.4 is 16.0 Å². The molecule has 10 nitrogen and oxygen atoms in total. The summed E-state index contributed by atoms with van der Waals surface area (Å²) in [6.45, 7) is 5.47. The molecule has 168 valence electrons. The number of likely N-dealkylation sites (N-methyl/N-ethyl adjacent to an activating group) is 1. The highest BCUT2D eigenvalue weighted by atomic mass is 16.5. The molecule has 0 spiro atoms. The van der Waals surface area contributed by atoms with Crippen LogP contribution in [-0.4, -0.2) is 74.6 Å². The minimum atomic E-state index is -0.581. The summed E-state index contributed by atoms with van der Waals surface area (Å²) < 4.78 is 7.41. The second-order valence-electron chi connectivity index (χ2n) is 7.71. The summed E-state index contributed by atoms with van der Waals surface area (Å²) in [6, 6.07) is 7.17. The number of carbonyl (C=O) groups excluding carboxylic acids is 1. The molecular weight excluding hydrogens is 412 g/mol. The number of piperazine rings is 1. The number of aryl methyl sites for hydroxylation is 1. The van der Waals surface area contributed by atoms with Gasteiger partial charge in [0.2, 0.25) is 5.91 Å². The third kappa shape index (κ3) is 4.01. The lowest BCUT2D eigenvalue weighted by Gasteiger charge is -2.34. The van der Waals surface area contributed by atoms with Crippen molar-refractivity contribution in [3.05, 3.63) is 51.3 Å². The van der Waals surface area contributed by atoms with Crippen LogP contribution in [0.2, 0.25) is 0 Å². The lowest BCUT2D eigenvalue weighted by Crippen LogP contribution is -2.51. The van der Waals surface area contributed by atoms with E-state index in [1.807, 2.05) is 0 Å². The van der Waals surface area contributed by atoms with E-state index in [1.165, 1.54) is 17.8 Å². The molecule has 3 heterocycles. The molecule has 1 amide bonds. The average molecular weight is 438 g/mol. The lowest BCUT2D eigenvalue weighted by molar-refractivity contribution is -0.133. The summed E-state index contributed by atoms with van der Waals surface area (Å²) in [5.74, 6) is 0.845. The van der Waals surface area contributed by atoms with Gasteiger partial charge in [-0.2, -0.15) is 0 Å². The fraction of sp³-hybridized carbons (Fsp3) is 0.409. The standard InChI is InChI=1S/C22H26N6O4/c1-4-26-9-11-27(12-10-26)18(29)14-28-21(30)17-13-23-19(24-20(17)25(2)22(28)31)15-5-7-16(32-3)8-6-15/h5-8,13H,4,9-12,14H2,1-3H3. The van der Waals surface area contributed by atoms with Gasteiger partial charge in [-0.15, -0.1) is 0 Å². The number of hydrogen-bond donors (Lipinski definition) is 0. The fourth-order valence-corrected chi connectivity index (χ4v) is 3.85. The molecule has 2 aromatic heterocycles. The van der Waals surface area contributed by atoms with Gasteiger partial charge in [-0.1, -0.05) is 6.92 Å². The zero-order valence-electron chi connectivity index (χ0n) is 18.4. The Hall–Kier alpha value is -3.53. The van der Waals surface area contributed by atoms with Crippen LogP contribution in [0, 0.1) is 0 Å². The maximum atomic E-state index is 13.0. The van der Waals surface area contributed by atoms with E-state index in [9.17, 15) is 14.4 Å². The zero-order valence-corrected chi connectivity index (χ0v) is 18.4. The Balaban J connectivity index is 1.66. The molecule has 1 aliphatic heterocycles. The molecule has 1 fully saturated rings. The Bertz CT molecular complexity index is 1260. The van der Waals surface area contributed by atoms with Crippen LogP contribution in [0.25, 0.3) is 22.4 Å². The molecule has 1 aliphatic rings. The first-order chi connectivity index (χ1) is 15.4. The minimum absolute atomic E-state index is 0.188. The van der Waals surface area contributed by atoms with E-state index in [2.05, 4.69) is 21.8 Å². The Morgan fingerprint density at radius 1 is 1.09 bits per heavy atom. The highest BCUT2D eigenvalue weighted by molar-refractivity contribution is 5.78. The van der Waals surface area contributed by atoms with Crippen LogP contribution in [0.3, 0.4) is 0 Å². The van der Waals surface area contributed by atoms with E-state index in [1.54, 1.807) is 36.3 Å². The first kappa shape index (κ1) is 21.7. The SMILES string of the molecule is CCN1CCN(C(=O)Cn2c(=O)c3cnc(-c4ccc(OC)cc4)nc3n(C)c2=O)CC1. The van der Waals surface area contributed by atoms with Gasteiger partial charge in [0.25, 0.3) is 5.56 Å². The van der Waals surface area contributed by atoms with E-state index in [0.29, 0.717) is 24.7 Å². The number of carbonyl (C=O) groups is 1. The van der Waals surface area contributed by atoms with E-state index in [4.69, 9.17) is 4.74 Å². The van der Waals surface area contributed by atoms with Crippen LogP contribution in [0.1, 0.15) is 6.92 Å². The van der Waals surface area contributed by atoms with Gasteiger partial charge in [-0.25, -0.2) is 14.8 Å². The van der Waals surface area contributed by atoms with Crippen molar-refractivity contribution in [1.82, 2.24) is 28.9 Å². The molecule has 4 rings (SSSR count). The molecule has 32 heavy (non-hydrogen) atoms. The first-order valence-electron chi connectivity index (χ1n) is 10.5. The number of ether oxygens (including phenoxy) is 1. The molecule has 1 aromatic carbocycles. The quantitative estimate of drug-likeness (QED) is 0.566. The Morgan fingerprint density at radius 2 is 1.78 bits per heavy atom. The molecular formula is C22H26N6O4. The molecule has 1 saturated heterocycles. The molecule has 0 saturated carbocycles. The van der Waals surface area contributed by atoms with E-state index < -0.39 is 11.2 Å². The molecule has 0 N–H and O–H groups in total. The van der Waals surface area contributed by atoms with Crippen molar-refractivity contribution >= 4 is 16.9 Å². The van der Waals surface area contributed by atoms with Crippen molar-refractivity contribution in [1.29, 1.82) is 0 Å². The Morgan fingerprint density at radius 3 is 2.41 bits per heavy atom. The number of fused-ring (bicyclic) bond motifs is 1. The predicted molar refractivity (Wildman–Crippen MR) is 120 cm³/mol. The predicted octanol–water partition coefficient (Wildman–Crippen LogP) is 0.330. The normalized spacial score (nSPS) is 14.7. The van der Waals surface area contributed by atoms with Gasteiger partial charge in [-0.05, 0) is 30.8 Å². The van der Waals surface area contributed by atoms with Crippen LogP contribution in [-0.2, 0) is 18.4 Å². The van der Waals surface area contributed by atoms with Crippen molar-refractivity contribution < 1.29 is 9.53 Å².